The summed E-state index contributed by atoms with van der Waals surface area (Å²) in [7, 11) is 0. The summed E-state index contributed by atoms with van der Waals surface area (Å²) in [5, 5.41) is 19.6. The maximum absolute atomic E-state index is 11.8. The number of hydrogen-bond acceptors (Lipinski definition) is 7. The number of carbonyl (C=O) groups is 4. The third-order valence-electron chi connectivity index (χ3n) is 4.88. The Morgan fingerprint density at radius 2 is 1.11 bits per heavy atom. The van der Waals surface area contributed by atoms with Crippen LogP contribution in [0.25, 0.3) is 0 Å². The van der Waals surface area contributed by atoms with Crippen molar-refractivity contribution in [2.75, 3.05) is 39.3 Å². The van der Waals surface area contributed by atoms with Crippen LogP contribution in [0.4, 0.5) is 0 Å². The standard InChI is InChI=1S/C18H22N4O6/c23-13-1-2-14(24)20(13)10-7-19(8-11-21-15(25)3-4-16(21)26)9-12-22-17(27)5-6-18(22)28/h1-6,13,15,23,25H,7-12H2. The molecule has 150 valence electrons. The fourth-order valence-electron chi connectivity index (χ4n) is 3.21. The van der Waals surface area contributed by atoms with E-state index in [1.165, 1.54) is 46.3 Å². The van der Waals surface area contributed by atoms with E-state index < -0.39 is 12.5 Å². The van der Waals surface area contributed by atoms with Crippen molar-refractivity contribution in [2.24, 2.45) is 0 Å². The number of aliphatic hydroxyl groups is 2. The van der Waals surface area contributed by atoms with Gasteiger partial charge in [-0.25, -0.2) is 0 Å². The Labute approximate surface area is 161 Å². The van der Waals surface area contributed by atoms with Crippen LogP contribution in [0.2, 0.25) is 0 Å². The number of amides is 4. The number of nitrogens with zero attached hydrogens (tertiary/aromatic N) is 4. The van der Waals surface area contributed by atoms with Crippen LogP contribution in [0.5, 0.6) is 0 Å². The summed E-state index contributed by atoms with van der Waals surface area (Å²) in [5.74, 6) is -1.35. The molecule has 0 aromatic carbocycles. The molecule has 2 unspecified atom stereocenters. The molecule has 2 atom stereocenters. The van der Waals surface area contributed by atoms with Gasteiger partial charge in [0.15, 0.2) is 0 Å². The van der Waals surface area contributed by atoms with Gasteiger partial charge in [0.1, 0.15) is 12.5 Å². The molecule has 2 N–H and O–H groups in total. The molecule has 0 fully saturated rings. The monoisotopic (exact) mass is 390 g/mol. The molecule has 0 saturated heterocycles. The molecule has 10 heteroatoms. The number of aliphatic hydroxyl groups excluding tert-OH is 2. The summed E-state index contributed by atoms with van der Waals surface area (Å²) in [6.45, 7) is 1.69. The highest BCUT2D eigenvalue weighted by atomic mass is 16.3. The first kappa shape index (κ1) is 19.9. The van der Waals surface area contributed by atoms with Crippen molar-refractivity contribution < 1.29 is 29.4 Å². The van der Waals surface area contributed by atoms with E-state index in [0.29, 0.717) is 19.6 Å². The second-order valence-electron chi connectivity index (χ2n) is 6.61. The van der Waals surface area contributed by atoms with E-state index in [1.807, 2.05) is 4.90 Å². The lowest BCUT2D eigenvalue weighted by Gasteiger charge is -2.30. The summed E-state index contributed by atoms with van der Waals surface area (Å²) in [6, 6.07) is 0. The third-order valence-corrected chi connectivity index (χ3v) is 4.88. The van der Waals surface area contributed by atoms with E-state index in [0.717, 1.165) is 4.90 Å². The van der Waals surface area contributed by atoms with Crippen LogP contribution in [-0.4, -0.2) is 105 Å². The Morgan fingerprint density at radius 1 is 0.679 bits per heavy atom. The zero-order valence-electron chi connectivity index (χ0n) is 15.2. The van der Waals surface area contributed by atoms with Gasteiger partial charge in [0.05, 0.1) is 0 Å². The van der Waals surface area contributed by atoms with Gasteiger partial charge in [-0.1, -0.05) is 0 Å². The first-order valence-corrected chi connectivity index (χ1v) is 8.96. The second-order valence-corrected chi connectivity index (χ2v) is 6.61. The molecular formula is C18H22N4O6. The molecular weight excluding hydrogens is 368 g/mol. The fourth-order valence-corrected chi connectivity index (χ4v) is 3.21. The molecule has 3 heterocycles. The molecule has 0 saturated carbocycles. The van der Waals surface area contributed by atoms with Crippen LogP contribution in [0, 0.1) is 0 Å². The maximum Gasteiger partial charge on any atom is 0.253 e. The summed E-state index contributed by atoms with van der Waals surface area (Å²) in [4.78, 5) is 52.5. The predicted octanol–water partition coefficient (Wildman–Crippen LogP) is -2.35. The zero-order chi connectivity index (χ0) is 20.3. The molecule has 3 aliphatic rings. The second kappa shape index (κ2) is 8.46. The van der Waals surface area contributed by atoms with E-state index in [2.05, 4.69) is 0 Å². The van der Waals surface area contributed by atoms with Gasteiger partial charge in [-0.05, 0) is 12.2 Å². The summed E-state index contributed by atoms with van der Waals surface area (Å²) in [5.41, 5.74) is 0. The van der Waals surface area contributed by atoms with Gasteiger partial charge in [0, 0.05) is 63.6 Å². The predicted molar refractivity (Wildman–Crippen MR) is 96.0 cm³/mol. The first-order chi connectivity index (χ1) is 13.4. The van der Waals surface area contributed by atoms with E-state index in [-0.39, 0.29) is 43.3 Å². The molecule has 0 spiro atoms. The van der Waals surface area contributed by atoms with Gasteiger partial charge in [0.25, 0.3) is 11.8 Å². The van der Waals surface area contributed by atoms with Crippen molar-refractivity contribution in [3.05, 3.63) is 36.5 Å². The molecule has 4 amide bonds. The lowest BCUT2D eigenvalue weighted by Crippen LogP contribution is -2.47. The van der Waals surface area contributed by atoms with Gasteiger partial charge in [0.2, 0.25) is 11.8 Å². The summed E-state index contributed by atoms with van der Waals surface area (Å²) < 4.78 is 0. The average Bonchev–Trinajstić information content (AvgIpc) is 3.27. The lowest BCUT2D eigenvalue weighted by atomic mass is 10.3. The van der Waals surface area contributed by atoms with E-state index >= 15 is 0 Å². The van der Waals surface area contributed by atoms with Crippen molar-refractivity contribution in [3.63, 3.8) is 0 Å². The highest BCUT2D eigenvalue weighted by Crippen LogP contribution is 2.11. The third kappa shape index (κ3) is 4.35. The normalized spacial score (nSPS) is 24.2. The van der Waals surface area contributed by atoms with Crippen LogP contribution < -0.4 is 0 Å². The fraction of sp³-hybridized carbons (Fsp3) is 0.444. The highest BCUT2D eigenvalue weighted by Gasteiger charge is 2.28. The Hall–Kier alpha value is -2.82. The number of carbonyl (C=O) groups excluding carboxylic acids is 4. The number of hydrogen-bond donors (Lipinski definition) is 2. The Morgan fingerprint density at radius 3 is 1.50 bits per heavy atom. The van der Waals surface area contributed by atoms with Crippen LogP contribution in [-0.2, 0) is 19.2 Å². The molecule has 3 aliphatic heterocycles. The van der Waals surface area contributed by atoms with Crippen molar-refractivity contribution in [3.8, 4) is 0 Å². The minimum Gasteiger partial charge on any atom is -0.370 e. The van der Waals surface area contributed by atoms with Crippen LogP contribution in [0.1, 0.15) is 0 Å². The summed E-state index contributed by atoms with van der Waals surface area (Å²) in [6.07, 6.45) is 5.85. The Balaban J connectivity index is 1.56. The Kier molecular flexibility index (Phi) is 6.02. The van der Waals surface area contributed by atoms with Gasteiger partial charge in [-0.3, -0.25) is 29.0 Å². The molecule has 3 rings (SSSR count). The van der Waals surface area contributed by atoms with E-state index in [9.17, 15) is 29.4 Å². The van der Waals surface area contributed by atoms with Crippen LogP contribution >= 0.6 is 0 Å². The number of rotatable bonds is 9. The van der Waals surface area contributed by atoms with Crippen LogP contribution in [0.3, 0.4) is 0 Å². The SMILES string of the molecule is O=C1C=CC(=O)N1CCN(CCN1C(=O)C=CC1O)CCN1C(=O)C=CC1O. The van der Waals surface area contributed by atoms with Gasteiger partial charge in [-0.15, -0.1) is 0 Å². The van der Waals surface area contributed by atoms with E-state index in [1.54, 1.807) is 0 Å². The molecule has 0 radical (unpaired) electrons. The zero-order valence-corrected chi connectivity index (χ0v) is 15.2. The highest BCUT2D eigenvalue weighted by molar-refractivity contribution is 6.12. The topological polar surface area (TPSA) is 122 Å². The Bertz CT molecular complexity index is 703. The van der Waals surface area contributed by atoms with Gasteiger partial charge in [-0.2, -0.15) is 0 Å². The van der Waals surface area contributed by atoms with Crippen molar-refractivity contribution in [2.45, 2.75) is 12.5 Å². The molecule has 0 aromatic heterocycles. The smallest absolute Gasteiger partial charge is 0.253 e. The molecule has 0 aliphatic carbocycles. The first-order valence-electron chi connectivity index (χ1n) is 8.96. The maximum atomic E-state index is 11.8. The van der Waals surface area contributed by atoms with Crippen LogP contribution in [0.15, 0.2) is 36.5 Å². The molecule has 10 nitrogen and oxygen atoms in total. The summed E-state index contributed by atoms with van der Waals surface area (Å²) >= 11 is 0. The minimum absolute atomic E-state index is 0.161. The molecule has 0 aromatic rings. The molecule has 0 bridgehead atoms. The van der Waals surface area contributed by atoms with Gasteiger partial charge >= 0.3 is 0 Å². The number of imide groups is 1. The largest absolute Gasteiger partial charge is 0.370 e. The van der Waals surface area contributed by atoms with Crippen molar-refractivity contribution in [1.82, 2.24) is 19.6 Å². The average molecular weight is 390 g/mol. The quantitative estimate of drug-likeness (QED) is 0.423. The van der Waals surface area contributed by atoms with E-state index in [4.69, 9.17) is 0 Å². The minimum atomic E-state index is -0.980. The van der Waals surface area contributed by atoms with Crippen molar-refractivity contribution >= 4 is 23.6 Å². The molecule has 28 heavy (non-hydrogen) atoms. The lowest BCUT2D eigenvalue weighted by molar-refractivity contribution is -0.137. The van der Waals surface area contributed by atoms with Gasteiger partial charge < -0.3 is 20.0 Å². The van der Waals surface area contributed by atoms with Crippen molar-refractivity contribution in [1.29, 1.82) is 0 Å².